The van der Waals surface area contributed by atoms with E-state index < -0.39 is 0 Å². The third-order valence-electron chi connectivity index (χ3n) is 4.06. The van der Waals surface area contributed by atoms with Gasteiger partial charge in [0.1, 0.15) is 0 Å². The van der Waals surface area contributed by atoms with Gasteiger partial charge in [0, 0.05) is 37.5 Å². The molecule has 1 fully saturated rings. The Labute approximate surface area is 136 Å². The Hall–Kier alpha value is -2.02. The molecule has 3 rings (SSSR count). The Bertz CT molecular complexity index is 624. The van der Waals surface area contributed by atoms with Crippen LogP contribution in [0.2, 0.25) is 0 Å². The van der Waals surface area contributed by atoms with Crippen LogP contribution in [-0.2, 0) is 13.0 Å². The van der Waals surface area contributed by atoms with Crippen molar-refractivity contribution in [3.8, 4) is 0 Å². The van der Waals surface area contributed by atoms with Gasteiger partial charge in [-0.25, -0.2) is 9.97 Å². The van der Waals surface area contributed by atoms with Gasteiger partial charge in [-0.3, -0.25) is 4.90 Å². The average molecular weight is 316 g/mol. The molecule has 0 aromatic carbocycles. The molecule has 1 atom stereocenters. The smallest absolute Gasteiger partial charge is 0.231 e. The predicted molar refractivity (Wildman–Crippen MR) is 86.5 cm³/mol. The number of aromatic nitrogens is 4. The summed E-state index contributed by atoms with van der Waals surface area (Å²) in [5, 5.41) is 4.11. The maximum absolute atomic E-state index is 5.53. The number of nitrogens with two attached hydrogens (primary N) is 1. The molecule has 7 nitrogen and oxygen atoms in total. The Morgan fingerprint density at radius 3 is 2.87 bits per heavy atom. The van der Waals surface area contributed by atoms with E-state index in [1.54, 1.807) is 12.4 Å². The van der Waals surface area contributed by atoms with Crippen molar-refractivity contribution in [1.82, 2.24) is 25.0 Å². The van der Waals surface area contributed by atoms with E-state index in [-0.39, 0.29) is 0 Å². The van der Waals surface area contributed by atoms with Crippen LogP contribution < -0.4 is 5.73 Å². The van der Waals surface area contributed by atoms with Gasteiger partial charge in [-0.15, -0.1) is 0 Å². The molecule has 7 heteroatoms. The Kier molecular flexibility index (Phi) is 4.85. The molecule has 0 amide bonds. The van der Waals surface area contributed by atoms with Crippen LogP contribution in [0.15, 0.2) is 16.9 Å². The van der Waals surface area contributed by atoms with Crippen molar-refractivity contribution in [1.29, 1.82) is 0 Å². The summed E-state index contributed by atoms with van der Waals surface area (Å²) in [5.74, 6) is 2.76. The summed E-state index contributed by atoms with van der Waals surface area (Å²) in [6.07, 6.45) is 6.67. The molecule has 0 aliphatic carbocycles. The third kappa shape index (κ3) is 4.25. The minimum atomic E-state index is 0.312. The third-order valence-corrected chi connectivity index (χ3v) is 4.06. The number of hydrogen-bond donors (Lipinski definition) is 1. The number of likely N-dealkylation sites (tertiary alicyclic amines) is 1. The predicted octanol–water partition coefficient (Wildman–Crippen LogP) is 2.02. The lowest BCUT2D eigenvalue weighted by molar-refractivity contribution is 0.180. The molecule has 2 aromatic rings. The molecule has 0 bridgehead atoms. The van der Waals surface area contributed by atoms with Crippen LogP contribution in [0.5, 0.6) is 0 Å². The van der Waals surface area contributed by atoms with E-state index in [4.69, 9.17) is 10.3 Å². The Morgan fingerprint density at radius 2 is 2.13 bits per heavy atom. The molecular formula is C16H24N6O. The van der Waals surface area contributed by atoms with Gasteiger partial charge in [0.15, 0.2) is 5.82 Å². The van der Waals surface area contributed by atoms with Crippen LogP contribution in [0, 0.1) is 5.92 Å². The molecule has 1 aliphatic rings. The van der Waals surface area contributed by atoms with Crippen molar-refractivity contribution in [2.45, 2.75) is 45.6 Å². The van der Waals surface area contributed by atoms with Crippen molar-refractivity contribution >= 4 is 5.95 Å². The summed E-state index contributed by atoms with van der Waals surface area (Å²) >= 11 is 0. The fourth-order valence-electron chi connectivity index (χ4n) is 2.99. The van der Waals surface area contributed by atoms with Crippen molar-refractivity contribution in [3.63, 3.8) is 0 Å². The quantitative estimate of drug-likeness (QED) is 0.901. The van der Waals surface area contributed by atoms with Crippen LogP contribution in [0.25, 0.3) is 0 Å². The summed E-state index contributed by atoms with van der Waals surface area (Å²) in [6.45, 7) is 7.13. The molecule has 1 aliphatic heterocycles. The zero-order chi connectivity index (χ0) is 16.2. The molecule has 0 spiro atoms. The van der Waals surface area contributed by atoms with Gasteiger partial charge < -0.3 is 10.3 Å². The lowest BCUT2D eigenvalue weighted by Gasteiger charge is -2.30. The molecule has 0 saturated carbocycles. The minimum Gasteiger partial charge on any atom is -0.368 e. The van der Waals surface area contributed by atoms with Crippen LogP contribution in [-0.4, -0.2) is 38.1 Å². The van der Waals surface area contributed by atoms with Crippen molar-refractivity contribution < 1.29 is 4.52 Å². The van der Waals surface area contributed by atoms with Gasteiger partial charge >= 0.3 is 0 Å². The van der Waals surface area contributed by atoms with E-state index in [9.17, 15) is 0 Å². The molecular weight excluding hydrogens is 292 g/mol. The first-order valence-corrected chi connectivity index (χ1v) is 8.21. The second kappa shape index (κ2) is 7.04. The molecule has 124 valence electrons. The number of rotatable bonds is 5. The van der Waals surface area contributed by atoms with Gasteiger partial charge in [0.2, 0.25) is 11.8 Å². The van der Waals surface area contributed by atoms with Crippen molar-refractivity contribution in [2.75, 3.05) is 18.8 Å². The first kappa shape index (κ1) is 15.9. The van der Waals surface area contributed by atoms with E-state index >= 15 is 0 Å². The number of hydrogen-bond acceptors (Lipinski definition) is 7. The first-order valence-electron chi connectivity index (χ1n) is 8.21. The van der Waals surface area contributed by atoms with E-state index in [0.29, 0.717) is 17.8 Å². The number of nitrogen functional groups attached to an aromatic ring is 1. The Morgan fingerprint density at radius 1 is 1.35 bits per heavy atom. The zero-order valence-electron chi connectivity index (χ0n) is 13.8. The second-order valence-corrected chi connectivity index (χ2v) is 6.67. The van der Waals surface area contributed by atoms with Gasteiger partial charge in [0.05, 0.1) is 5.92 Å². The zero-order valence-corrected chi connectivity index (χ0v) is 13.8. The largest absolute Gasteiger partial charge is 0.368 e. The maximum Gasteiger partial charge on any atom is 0.231 e. The molecule has 1 unspecified atom stereocenters. The van der Waals surface area contributed by atoms with Crippen LogP contribution in [0.3, 0.4) is 0 Å². The van der Waals surface area contributed by atoms with Crippen LogP contribution >= 0.6 is 0 Å². The SMILES string of the molecule is CC(C)Cc1noc(C2CCCN(Cc3cnc(N)nc3)C2)n1. The highest BCUT2D eigenvalue weighted by atomic mass is 16.5. The fraction of sp³-hybridized carbons (Fsp3) is 0.625. The summed E-state index contributed by atoms with van der Waals surface area (Å²) < 4.78 is 5.49. The van der Waals surface area contributed by atoms with Crippen LogP contribution in [0.1, 0.15) is 49.9 Å². The maximum atomic E-state index is 5.53. The lowest BCUT2D eigenvalue weighted by Crippen LogP contribution is -2.34. The van der Waals surface area contributed by atoms with E-state index in [2.05, 4.69) is 38.9 Å². The topological polar surface area (TPSA) is 94.0 Å². The van der Waals surface area contributed by atoms with Gasteiger partial charge in [-0.1, -0.05) is 19.0 Å². The molecule has 2 aromatic heterocycles. The number of anilines is 1. The van der Waals surface area contributed by atoms with Crippen molar-refractivity contribution in [2.24, 2.45) is 5.92 Å². The van der Waals surface area contributed by atoms with E-state index in [0.717, 1.165) is 56.2 Å². The summed E-state index contributed by atoms with van der Waals surface area (Å²) in [7, 11) is 0. The lowest BCUT2D eigenvalue weighted by atomic mass is 9.97. The number of piperidine rings is 1. The van der Waals surface area contributed by atoms with Gasteiger partial charge in [-0.05, 0) is 25.3 Å². The second-order valence-electron chi connectivity index (χ2n) is 6.67. The van der Waals surface area contributed by atoms with Crippen LogP contribution in [0.4, 0.5) is 5.95 Å². The molecule has 1 saturated heterocycles. The number of nitrogens with zero attached hydrogens (tertiary/aromatic N) is 5. The fourth-order valence-corrected chi connectivity index (χ4v) is 2.99. The van der Waals surface area contributed by atoms with Crippen molar-refractivity contribution in [3.05, 3.63) is 29.7 Å². The molecule has 0 radical (unpaired) electrons. The van der Waals surface area contributed by atoms with Gasteiger partial charge in [0.25, 0.3) is 0 Å². The average Bonchev–Trinajstić information content (AvgIpc) is 2.98. The highest BCUT2D eigenvalue weighted by Gasteiger charge is 2.26. The summed E-state index contributed by atoms with van der Waals surface area (Å²) in [5.41, 5.74) is 6.61. The summed E-state index contributed by atoms with van der Waals surface area (Å²) in [6, 6.07) is 0. The first-order chi connectivity index (χ1) is 11.1. The highest BCUT2D eigenvalue weighted by Crippen LogP contribution is 2.26. The molecule has 2 N–H and O–H groups in total. The normalized spacial score (nSPS) is 19.3. The minimum absolute atomic E-state index is 0.312. The highest BCUT2D eigenvalue weighted by molar-refractivity contribution is 5.17. The summed E-state index contributed by atoms with van der Waals surface area (Å²) in [4.78, 5) is 15.1. The molecule has 23 heavy (non-hydrogen) atoms. The monoisotopic (exact) mass is 316 g/mol. The standard InChI is InChI=1S/C16H24N6O/c1-11(2)6-14-20-15(23-21-14)13-4-3-5-22(10-13)9-12-7-18-16(17)19-8-12/h7-8,11,13H,3-6,9-10H2,1-2H3,(H2,17,18,19). The van der Waals surface area contributed by atoms with E-state index in [1.807, 2.05) is 0 Å². The van der Waals surface area contributed by atoms with Gasteiger partial charge in [-0.2, -0.15) is 4.98 Å². The Balaban J connectivity index is 1.61. The van der Waals surface area contributed by atoms with E-state index in [1.165, 1.54) is 0 Å². The molecule has 3 heterocycles.